The topological polar surface area (TPSA) is 23.8 Å². The van der Waals surface area contributed by atoms with Crippen LogP contribution < -0.4 is 4.90 Å². The van der Waals surface area contributed by atoms with Crippen molar-refractivity contribution >= 4 is 29.1 Å². The average molecular weight is 286 g/mol. The molecule has 2 aromatic carbocycles. The van der Waals surface area contributed by atoms with E-state index >= 15 is 0 Å². The van der Waals surface area contributed by atoms with Gasteiger partial charge in [0.25, 0.3) is 0 Å². The van der Waals surface area contributed by atoms with E-state index in [0.29, 0.717) is 0 Å². The van der Waals surface area contributed by atoms with Crippen LogP contribution in [0.4, 0.5) is 5.69 Å². The predicted molar refractivity (Wildman–Crippen MR) is 90.4 cm³/mol. The highest BCUT2D eigenvalue weighted by Gasteiger charge is 2.27. The molecular weight excluding hydrogens is 272 g/mol. The summed E-state index contributed by atoms with van der Waals surface area (Å²) < 4.78 is 2.26. The van der Waals surface area contributed by atoms with E-state index in [-0.39, 0.29) is 0 Å². The molecule has 4 nitrogen and oxygen atoms in total. The summed E-state index contributed by atoms with van der Waals surface area (Å²) in [6.07, 6.45) is 4.03. The third-order valence-corrected chi connectivity index (χ3v) is 4.35. The molecule has 0 saturated carbocycles. The monoisotopic (exact) mass is 286 g/mol. The Labute approximate surface area is 128 Å². The van der Waals surface area contributed by atoms with Crippen molar-refractivity contribution in [2.75, 3.05) is 11.9 Å². The zero-order valence-electron chi connectivity index (χ0n) is 12.1. The maximum atomic E-state index is 4.41. The minimum atomic E-state index is 1.05. The van der Waals surface area contributed by atoms with Gasteiger partial charge in [-0.2, -0.15) is 5.10 Å². The summed E-state index contributed by atoms with van der Waals surface area (Å²) in [5.74, 6) is 1.05. The number of hydrazone groups is 1. The van der Waals surface area contributed by atoms with Crippen molar-refractivity contribution in [2.24, 2.45) is 5.10 Å². The molecule has 1 aromatic heterocycles. The van der Waals surface area contributed by atoms with Crippen LogP contribution in [0.2, 0.25) is 0 Å². The van der Waals surface area contributed by atoms with Gasteiger partial charge in [-0.15, -0.1) is 0 Å². The molecular formula is C18H14N4. The molecule has 3 aromatic rings. The van der Waals surface area contributed by atoms with Crippen LogP contribution in [0.5, 0.6) is 0 Å². The summed E-state index contributed by atoms with van der Waals surface area (Å²) in [5, 5.41) is 7.56. The van der Waals surface area contributed by atoms with Gasteiger partial charge >= 0.3 is 0 Å². The summed E-state index contributed by atoms with van der Waals surface area (Å²) in [4.78, 5) is 2.14. The van der Waals surface area contributed by atoms with Gasteiger partial charge in [0.15, 0.2) is 5.82 Å². The third kappa shape index (κ3) is 1.39. The maximum absolute atomic E-state index is 4.41. The first-order valence-electron chi connectivity index (χ1n) is 7.31. The third-order valence-electron chi connectivity index (χ3n) is 4.35. The van der Waals surface area contributed by atoms with Crippen LogP contribution in [0, 0.1) is 0 Å². The molecule has 4 heteroatoms. The smallest absolute Gasteiger partial charge is 0.151 e. The number of anilines is 1. The Balaban J connectivity index is 1.93. The van der Waals surface area contributed by atoms with Gasteiger partial charge in [-0.05, 0) is 18.2 Å². The van der Waals surface area contributed by atoms with Crippen molar-refractivity contribution < 1.29 is 0 Å². The number of hydrogen-bond donors (Lipinski definition) is 0. The van der Waals surface area contributed by atoms with Crippen molar-refractivity contribution in [3.63, 3.8) is 0 Å². The van der Waals surface area contributed by atoms with Crippen LogP contribution in [0.25, 0.3) is 28.4 Å². The molecule has 0 aliphatic carbocycles. The van der Waals surface area contributed by atoms with Crippen LogP contribution in [0.1, 0.15) is 0 Å². The van der Waals surface area contributed by atoms with E-state index < -0.39 is 0 Å². The largest absolute Gasteiger partial charge is 0.312 e. The first-order chi connectivity index (χ1) is 10.8. The van der Waals surface area contributed by atoms with Gasteiger partial charge in [0.2, 0.25) is 0 Å². The fraction of sp³-hybridized carbons (Fsp3) is 0.0556. The normalized spacial score (nSPS) is 15.4. The molecule has 0 radical (unpaired) electrons. The Morgan fingerprint density at radius 1 is 0.955 bits per heavy atom. The van der Waals surface area contributed by atoms with Gasteiger partial charge in [-0.3, -0.25) is 4.90 Å². The Bertz CT molecular complexity index is 964. The van der Waals surface area contributed by atoms with Gasteiger partial charge in [0.1, 0.15) is 6.34 Å². The number of aromatic nitrogens is 1. The van der Waals surface area contributed by atoms with Crippen LogP contribution in [-0.4, -0.2) is 23.0 Å². The molecule has 2 aliphatic heterocycles. The highest BCUT2D eigenvalue weighted by molar-refractivity contribution is 5.99. The van der Waals surface area contributed by atoms with Gasteiger partial charge < -0.3 is 4.57 Å². The number of rotatable bonds is 0. The molecule has 0 amide bonds. The van der Waals surface area contributed by atoms with E-state index in [4.69, 9.17) is 0 Å². The van der Waals surface area contributed by atoms with Crippen LogP contribution in [0.3, 0.4) is 0 Å². The lowest BCUT2D eigenvalue weighted by Crippen LogP contribution is -2.21. The quantitative estimate of drug-likeness (QED) is 0.628. The van der Waals surface area contributed by atoms with E-state index in [1.165, 1.54) is 22.2 Å². The fourth-order valence-electron chi connectivity index (χ4n) is 3.27. The molecule has 0 saturated heterocycles. The number of benzene rings is 2. The highest BCUT2D eigenvalue weighted by atomic mass is 15.6. The number of hydrogen-bond acceptors (Lipinski definition) is 3. The second-order valence-electron chi connectivity index (χ2n) is 5.59. The molecule has 2 aliphatic rings. The summed E-state index contributed by atoms with van der Waals surface area (Å²) in [7, 11) is 1.97. The maximum Gasteiger partial charge on any atom is 0.151 e. The molecule has 106 valence electrons. The second-order valence-corrected chi connectivity index (χ2v) is 5.59. The van der Waals surface area contributed by atoms with Gasteiger partial charge in [-0.1, -0.05) is 36.4 Å². The summed E-state index contributed by atoms with van der Waals surface area (Å²) >= 11 is 0. The van der Waals surface area contributed by atoms with E-state index in [1.807, 2.05) is 18.4 Å². The predicted octanol–water partition coefficient (Wildman–Crippen LogP) is 3.77. The minimum absolute atomic E-state index is 1.05. The zero-order valence-corrected chi connectivity index (χ0v) is 12.1. The Kier molecular flexibility index (Phi) is 2.12. The standard InChI is InChI=1S/C18H14N4/c1-20-18-11-21-15-8-4-2-6-13(15)10-17(21)14-7-3-5-9-16(14)22(18)12-19-20/h2-12H,1H3. The van der Waals surface area contributed by atoms with E-state index in [9.17, 15) is 0 Å². The molecule has 0 bridgehead atoms. The summed E-state index contributed by atoms with van der Waals surface area (Å²) in [6.45, 7) is 0. The van der Waals surface area contributed by atoms with Crippen LogP contribution in [0.15, 0.2) is 65.5 Å². The number of nitrogens with zero attached hydrogens (tertiary/aromatic N) is 4. The molecule has 0 fully saturated rings. The number of fused-ring (bicyclic) bond motifs is 7. The average Bonchev–Trinajstić information content (AvgIpc) is 3.06. The van der Waals surface area contributed by atoms with Crippen LogP contribution in [-0.2, 0) is 0 Å². The first kappa shape index (κ1) is 11.6. The summed E-state index contributed by atoms with van der Waals surface area (Å²) in [5.41, 5.74) is 4.79. The second kappa shape index (κ2) is 4.01. The van der Waals surface area contributed by atoms with E-state index in [1.54, 1.807) is 0 Å². The van der Waals surface area contributed by atoms with Gasteiger partial charge in [0.05, 0.1) is 23.1 Å². The van der Waals surface area contributed by atoms with Crippen molar-refractivity contribution in [1.82, 2.24) is 9.58 Å². The fourth-order valence-corrected chi connectivity index (χ4v) is 3.27. The molecule has 3 heterocycles. The Morgan fingerprint density at radius 3 is 2.73 bits per heavy atom. The highest BCUT2D eigenvalue weighted by Crippen LogP contribution is 2.40. The molecule has 22 heavy (non-hydrogen) atoms. The van der Waals surface area contributed by atoms with E-state index in [2.05, 4.69) is 75.4 Å². The van der Waals surface area contributed by atoms with Crippen molar-refractivity contribution in [2.45, 2.75) is 0 Å². The van der Waals surface area contributed by atoms with Gasteiger partial charge in [-0.25, -0.2) is 5.01 Å². The van der Waals surface area contributed by atoms with Crippen molar-refractivity contribution in [3.8, 4) is 11.3 Å². The molecule has 0 unspecified atom stereocenters. The molecule has 0 N–H and O–H groups in total. The molecule has 0 spiro atoms. The van der Waals surface area contributed by atoms with Crippen LogP contribution >= 0.6 is 0 Å². The molecule has 0 atom stereocenters. The van der Waals surface area contributed by atoms with E-state index in [0.717, 1.165) is 11.5 Å². The summed E-state index contributed by atoms with van der Waals surface area (Å²) in [6, 6.07) is 19.2. The number of para-hydroxylation sites is 2. The lowest BCUT2D eigenvalue weighted by atomic mass is 10.1. The lowest BCUT2D eigenvalue weighted by Gasteiger charge is -2.19. The minimum Gasteiger partial charge on any atom is -0.312 e. The zero-order chi connectivity index (χ0) is 14.7. The Morgan fingerprint density at radius 2 is 1.77 bits per heavy atom. The van der Waals surface area contributed by atoms with Gasteiger partial charge in [0, 0.05) is 18.0 Å². The lowest BCUT2D eigenvalue weighted by molar-refractivity contribution is 0.468. The van der Waals surface area contributed by atoms with Crippen molar-refractivity contribution in [1.29, 1.82) is 0 Å². The van der Waals surface area contributed by atoms with Crippen molar-refractivity contribution in [3.05, 3.63) is 60.4 Å². The molecule has 5 rings (SSSR count). The SMILES string of the molecule is CN1N=CN2C1=Cn1c(cc3ccccc31)-c1ccccc12. The Hall–Kier alpha value is -3.01. The first-order valence-corrected chi connectivity index (χ1v) is 7.31.